The lowest BCUT2D eigenvalue weighted by atomic mass is 9.96. The Morgan fingerprint density at radius 1 is 1.42 bits per heavy atom. The van der Waals surface area contributed by atoms with Crippen LogP contribution >= 0.6 is 0 Å². The second-order valence-corrected chi connectivity index (χ2v) is 4.61. The van der Waals surface area contributed by atoms with Gasteiger partial charge in [0.05, 0.1) is 0 Å². The quantitative estimate of drug-likeness (QED) is 0.586. The van der Waals surface area contributed by atoms with Crippen molar-refractivity contribution < 1.29 is 0 Å². The Morgan fingerprint density at radius 2 is 2.17 bits per heavy atom. The number of hydrogen-bond donors (Lipinski definition) is 1. The lowest BCUT2D eigenvalue weighted by Crippen LogP contribution is -2.08. The Labute approximate surface area is 75.9 Å². The third kappa shape index (κ3) is 3.78. The van der Waals surface area contributed by atoms with E-state index in [1.165, 1.54) is 19.5 Å². The van der Waals surface area contributed by atoms with E-state index >= 15 is 0 Å². The third-order valence-electron chi connectivity index (χ3n) is 2.02. The van der Waals surface area contributed by atoms with Gasteiger partial charge in [-0.25, -0.2) is 0 Å². The summed E-state index contributed by atoms with van der Waals surface area (Å²) >= 11 is 0. The number of hydrogen-bond acceptors (Lipinski definition) is 1. The molecule has 1 aliphatic heterocycles. The monoisotopic (exact) mass is 165 g/mol. The first-order valence-electron chi connectivity index (χ1n) is 4.79. The summed E-state index contributed by atoms with van der Waals surface area (Å²) < 4.78 is 0. The summed E-state index contributed by atoms with van der Waals surface area (Å²) in [4.78, 5) is 0. The first kappa shape index (κ1) is 9.61. The SMILES string of the molecule is CC(C)(C)C#CCC1CCNC1. The van der Waals surface area contributed by atoms with Crippen LogP contribution in [0.1, 0.15) is 33.6 Å². The molecule has 1 unspecified atom stereocenters. The molecule has 0 radical (unpaired) electrons. The van der Waals surface area contributed by atoms with E-state index in [9.17, 15) is 0 Å². The summed E-state index contributed by atoms with van der Waals surface area (Å²) in [6.45, 7) is 8.83. The van der Waals surface area contributed by atoms with Gasteiger partial charge in [-0.3, -0.25) is 0 Å². The Kier molecular flexibility index (Phi) is 3.17. The topological polar surface area (TPSA) is 12.0 Å². The first-order chi connectivity index (χ1) is 5.58. The van der Waals surface area contributed by atoms with Crippen molar-refractivity contribution in [3.8, 4) is 11.8 Å². The summed E-state index contributed by atoms with van der Waals surface area (Å²) in [7, 11) is 0. The summed E-state index contributed by atoms with van der Waals surface area (Å²) in [5, 5.41) is 3.35. The lowest BCUT2D eigenvalue weighted by Gasteiger charge is -2.07. The first-order valence-corrected chi connectivity index (χ1v) is 4.79. The second kappa shape index (κ2) is 3.96. The molecule has 1 heterocycles. The molecule has 1 nitrogen and oxygen atoms in total. The van der Waals surface area contributed by atoms with E-state index < -0.39 is 0 Å². The van der Waals surface area contributed by atoms with Gasteiger partial charge in [0, 0.05) is 11.8 Å². The van der Waals surface area contributed by atoms with Crippen molar-refractivity contribution in [2.75, 3.05) is 13.1 Å². The molecule has 68 valence electrons. The van der Waals surface area contributed by atoms with Gasteiger partial charge in [0.1, 0.15) is 0 Å². The highest BCUT2D eigenvalue weighted by atomic mass is 14.9. The molecular weight excluding hydrogens is 146 g/mol. The van der Waals surface area contributed by atoms with Gasteiger partial charge < -0.3 is 5.32 Å². The van der Waals surface area contributed by atoms with Crippen LogP contribution in [0, 0.1) is 23.2 Å². The standard InChI is InChI=1S/C11H19N/c1-11(2,3)7-4-5-10-6-8-12-9-10/h10,12H,5-6,8-9H2,1-3H3. The maximum absolute atomic E-state index is 3.35. The molecule has 1 fully saturated rings. The molecule has 1 N–H and O–H groups in total. The molecule has 0 aromatic rings. The number of rotatable bonds is 1. The van der Waals surface area contributed by atoms with Crippen LogP contribution in [0.25, 0.3) is 0 Å². The van der Waals surface area contributed by atoms with Crippen LogP contribution in [0.2, 0.25) is 0 Å². The van der Waals surface area contributed by atoms with Crippen LogP contribution in [-0.4, -0.2) is 13.1 Å². The van der Waals surface area contributed by atoms with E-state index in [0.717, 1.165) is 12.3 Å². The molecule has 1 rings (SSSR count). The zero-order valence-electron chi connectivity index (χ0n) is 8.41. The van der Waals surface area contributed by atoms with Crippen LogP contribution in [0.3, 0.4) is 0 Å². The number of nitrogens with one attached hydrogen (secondary N) is 1. The Morgan fingerprint density at radius 3 is 2.67 bits per heavy atom. The van der Waals surface area contributed by atoms with Crippen molar-refractivity contribution >= 4 is 0 Å². The van der Waals surface area contributed by atoms with E-state index in [-0.39, 0.29) is 5.41 Å². The molecule has 0 aromatic heterocycles. The molecule has 1 aliphatic rings. The van der Waals surface area contributed by atoms with Gasteiger partial charge in [-0.15, -0.1) is 5.92 Å². The molecule has 1 atom stereocenters. The molecule has 1 heteroatoms. The molecule has 12 heavy (non-hydrogen) atoms. The van der Waals surface area contributed by atoms with Crippen LogP contribution in [-0.2, 0) is 0 Å². The summed E-state index contributed by atoms with van der Waals surface area (Å²) in [5.41, 5.74) is 0.173. The minimum atomic E-state index is 0.173. The maximum Gasteiger partial charge on any atom is 0.0230 e. The fourth-order valence-corrected chi connectivity index (χ4v) is 1.35. The van der Waals surface area contributed by atoms with Gasteiger partial charge in [-0.05, 0) is 46.2 Å². The molecule has 0 spiro atoms. The molecule has 0 aliphatic carbocycles. The fourth-order valence-electron chi connectivity index (χ4n) is 1.35. The van der Waals surface area contributed by atoms with Crippen LogP contribution in [0.15, 0.2) is 0 Å². The maximum atomic E-state index is 3.35. The van der Waals surface area contributed by atoms with Crippen LogP contribution < -0.4 is 5.32 Å². The average molecular weight is 165 g/mol. The zero-order chi connectivity index (χ0) is 9.03. The highest BCUT2D eigenvalue weighted by molar-refractivity contribution is 5.08. The fraction of sp³-hybridized carbons (Fsp3) is 0.818. The van der Waals surface area contributed by atoms with E-state index in [0.29, 0.717) is 0 Å². The van der Waals surface area contributed by atoms with Gasteiger partial charge in [0.2, 0.25) is 0 Å². The largest absolute Gasteiger partial charge is 0.316 e. The van der Waals surface area contributed by atoms with Crippen LogP contribution in [0.4, 0.5) is 0 Å². The normalized spacial score (nSPS) is 23.4. The molecule has 0 bridgehead atoms. The van der Waals surface area contributed by atoms with E-state index in [2.05, 4.69) is 37.9 Å². The van der Waals surface area contributed by atoms with Crippen molar-refractivity contribution in [3.05, 3.63) is 0 Å². The predicted molar refractivity (Wildman–Crippen MR) is 52.8 cm³/mol. The van der Waals surface area contributed by atoms with Crippen molar-refractivity contribution in [2.24, 2.45) is 11.3 Å². The molecule has 0 amide bonds. The Bertz CT molecular complexity index is 183. The summed E-state index contributed by atoms with van der Waals surface area (Å²) in [6.07, 6.45) is 2.38. The van der Waals surface area contributed by atoms with Gasteiger partial charge in [-0.2, -0.15) is 0 Å². The lowest BCUT2D eigenvalue weighted by molar-refractivity contribution is 0.564. The smallest absolute Gasteiger partial charge is 0.0230 e. The van der Waals surface area contributed by atoms with E-state index in [1.54, 1.807) is 0 Å². The van der Waals surface area contributed by atoms with Crippen molar-refractivity contribution in [3.63, 3.8) is 0 Å². The van der Waals surface area contributed by atoms with Gasteiger partial charge in [-0.1, -0.05) is 5.92 Å². The zero-order valence-corrected chi connectivity index (χ0v) is 8.41. The minimum Gasteiger partial charge on any atom is -0.316 e. The van der Waals surface area contributed by atoms with E-state index in [1.807, 2.05) is 0 Å². The van der Waals surface area contributed by atoms with Crippen molar-refractivity contribution in [1.29, 1.82) is 0 Å². The molecular formula is C11H19N. The highest BCUT2D eigenvalue weighted by Crippen LogP contribution is 2.13. The molecule has 0 aromatic carbocycles. The molecule has 1 saturated heterocycles. The average Bonchev–Trinajstić information content (AvgIpc) is 2.36. The van der Waals surface area contributed by atoms with Gasteiger partial charge in [0.25, 0.3) is 0 Å². The van der Waals surface area contributed by atoms with Crippen molar-refractivity contribution in [1.82, 2.24) is 5.32 Å². The summed E-state index contributed by atoms with van der Waals surface area (Å²) in [5.74, 6) is 7.35. The predicted octanol–water partition coefficient (Wildman–Crippen LogP) is 2.04. The Balaban J connectivity index is 2.26. The van der Waals surface area contributed by atoms with Gasteiger partial charge >= 0.3 is 0 Å². The van der Waals surface area contributed by atoms with Crippen LogP contribution in [0.5, 0.6) is 0 Å². The molecule has 0 saturated carbocycles. The second-order valence-electron chi connectivity index (χ2n) is 4.61. The van der Waals surface area contributed by atoms with Crippen molar-refractivity contribution in [2.45, 2.75) is 33.6 Å². The minimum absolute atomic E-state index is 0.173. The van der Waals surface area contributed by atoms with Gasteiger partial charge in [0.15, 0.2) is 0 Å². The summed E-state index contributed by atoms with van der Waals surface area (Å²) in [6, 6.07) is 0. The van der Waals surface area contributed by atoms with E-state index in [4.69, 9.17) is 0 Å². The third-order valence-corrected chi connectivity index (χ3v) is 2.02. The Hall–Kier alpha value is -0.480. The highest BCUT2D eigenvalue weighted by Gasteiger charge is 2.12.